The molecule has 0 bridgehead atoms. The van der Waals surface area contributed by atoms with Gasteiger partial charge in [-0.05, 0) is 63.5 Å². The molecule has 1 heterocycles. The second kappa shape index (κ2) is 11.9. The van der Waals surface area contributed by atoms with Gasteiger partial charge in [-0.2, -0.15) is 0 Å². The van der Waals surface area contributed by atoms with Gasteiger partial charge in [-0.15, -0.1) is 0 Å². The molecule has 3 saturated carbocycles. The van der Waals surface area contributed by atoms with E-state index >= 15 is 0 Å². The largest absolute Gasteiger partial charge is 0.495 e. The lowest BCUT2D eigenvalue weighted by Gasteiger charge is -2.26. The Hall–Kier alpha value is -3.61. The number of allylic oxidation sites excluding steroid dienone is 1. The zero-order valence-electron chi connectivity index (χ0n) is 23.8. The molecule has 0 saturated heterocycles. The maximum absolute atomic E-state index is 13.8. The normalized spacial score (nSPS) is 30.6. The van der Waals surface area contributed by atoms with E-state index in [0.717, 1.165) is 19.3 Å². The highest BCUT2D eigenvalue weighted by Crippen LogP contribution is 2.47. The average molecular weight is 603 g/mol. The molecule has 0 spiro atoms. The Kier molecular flexibility index (Phi) is 8.49. The minimum absolute atomic E-state index is 0.0774. The van der Waals surface area contributed by atoms with Crippen molar-refractivity contribution >= 4 is 39.5 Å². The average Bonchev–Trinajstić information content (AvgIpc) is 3.87. The fourth-order valence-corrected chi connectivity index (χ4v) is 7.29. The molecule has 3 aliphatic carbocycles. The second-order valence-electron chi connectivity index (χ2n) is 11.7. The Morgan fingerprint density at radius 2 is 1.83 bits per heavy atom. The van der Waals surface area contributed by atoms with Crippen molar-refractivity contribution in [2.45, 2.75) is 68.3 Å². The van der Waals surface area contributed by atoms with E-state index in [1.54, 1.807) is 36.2 Å². The molecule has 3 fully saturated rings. The molecular weight excluding hydrogens is 564 g/mol. The summed E-state index contributed by atoms with van der Waals surface area (Å²) in [6, 6.07) is 6.85. The maximum Gasteiger partial charge on any atom is 0.412 e. The molecule has 5 unspecified atom stereocenters. The third kappa shape index (κ3) is 6.40. The van der Waals surface area contributed by atoms with Crippen LogP contribution in [0.2, 0.25) is 0 Å². The Balaban J connectivity index is 1.34. The van der Waals surface area contributed by atoms with Gasteiger partial charge in [-0.3, -0.25) is 24.4 Å². The molecule has 228 valence electrons. The highest BCUT2D eigenvalue weighted by atomic mass is 32.2. The number of ether oxygens (including phenoxy) is 2. The van der Waals surface area contributed by atoms with Crippen molar-refractivity contribution in [2.24, 2.45) is 17.8 Å². The highest BCUT2D eigenvalue weighted by molar-refractivity contribution is 7.91. The molecule has 0 aromatic heterocycles. The van der Waals surface area contributed by atoms with E-state index in [1.165, 1.54) is 7.11 Å². The number of sulfonamides is 1. The van der Waals surface area contributed by atoms with Gasteiger partial charge < -0.3 is 19.7 Å². The highest BCUT2D eigenvalue weighted by Gasteiger charge is 2.62. The molecule has 4 amide bonds. The van der Waals surface area contributed by atoms with Crippen LogP contribution in [0.1, 0.15) is 51.4 Å². The summed E-state index contributed by atoms with van der Waals surface area (Å²) in [5.74, 6) is -3.09. The first-order valence-corrected chi connectivity index (χ1v) is 16.0. The summed E-state index contributed by atoms with van der Waals surface area (Å²) in [5, 5.41) is 4.88. The molecule has 3 N–H and O–H groups in total. The Labute approximate surface area is 245 Å². The quantitative estimate of drug-likeness (QED) is 0.418. The Bertz CT molecular complexity index is 1380. The fourth-order valence-electron chi connectivity index (χ4n) is 5.93. The summed E-state index contributed by atoms with van der Waals surface area (Å²) < 4.78 is 38.2. The summed E-state index contributed by atoms with van der Waals surface area (Å²) in [7, 11) is -0.650. The number of methoxy groups -OCH3 is 1. The smallest absolute Gasteiger partial charge is 0.412 e. The van der Waals surface area contributed by atoms with Crippen molar-refractivity contribution in [1.29, 1.82) is 0 Å². The number of nitrogens with one attached hydrogen (secondary N) is 3. The number of para-hydroxylation sites is 2. The minimum atomic E-state index is -3.82. The summed E-state index contributed by atoms with van der Waals surface area (Å²) in [6.07, 6.45) is 6.11. The zero-order valence-corrected chi connectivity index (χ0v) is 24.7. The van der Waals surface area contributed by atoms with Crippen molar-refractivity contribution in [3.8, 4) is 5.75 Å². The predicted molar refractivity (Wildman–Crippen MR) is 153 cm³/mol. The minimum Gasteiger partial charge on any atom is -0.495 e. The molecule has 0 radical (unpaired) electrons. The number of amides is 4. The Morgan fingerprint density at radius 1 is 1.10 bits per heavy atom. The van der Waals surface area contributed by atoms with Gasteiger partial charge in [-0.25, -0.2) is 13.2 Å². The first-order valence-electron chi connectivity index (χ1n) is 14.4. The van der Waals surface area contributed by atoms with Gasteiger partial charge >= 0.3 is 6.09 Å². The molecule has 4 aliphatic rings. The predicted octanol–water partition coefficient (Wildman–Crippen LogP) is 2.32. The number of hydrogen-bond acceptors (Lipinski definition) is 8. The Morgan fingerprint density at radius 3 is 2.57 bits per heavy atom. The number of carbonyl (C=O) groups excluding carboxylic acids is 4. The van der Waals surface area contributed by atoms with Crippen LogP contribution < -0.4 is 20.1 Å². The lowest BCUT2D eigenvalue weighted by molar-refractivity contribution is -0.140. The van der Waals surface area contributed by atoms with E-state index in [4.69, 9.17) is 9.47 Å². The van der Waals surface area contributed by atoms with Crippen LogP contribution in [0.4, 0.5) is 10.5 Å². The number of benzene rings is 1. The van der Waals surface area contributed by atoms with E-state index in [-0.39, 0.29) is 31.1 Å². The van der Waals surface area contributed by atoms with Crippen molar-refractivity contribution in [1.82, 2.24) is 14.9 Å². The van der Waals surface area contributed by atoms with E-state index in [1.807, 2.05) is 12.2 Å². The molecule has 1 aliphatic heterocycles. The summed E-state index contributed by atoms with van der Waals surface area (Å²) in [4.78, 5) is 55.0. The van der Waals surface area contributed by atoms with E-state index in [2.05, 4.69) is 15.4 Å². The molecule has 1 aromatic rings. The van der Waals surface area contributed by atoms with Crippen LogP contribution in [0.15, 0.2) is 36.4 Å². The molecule has 13 heteroatoms. The van der Waals surface area contributed by atoms with Gasteiger partial charge in [0.15, 0.2) is 0 Å². The molecule has 1 aromatic carbocycles. The zero-order chi connectivity index (χ0) is 30.1. The van der Waals surface area contributed by atoms with E-state index in [0.29, 0.717) is 30.8 Å². The summed E-state index contributed by atoms with van der Waals surface area (Å²) in [6.45, 7) is 0.520. The number of fused-ring (bicyclic) bond motifs is 2. The van der Waals surface area contributed by atoms with Gasteiger partial charge in [0.05, 0.1) is 29.9 Å². The first kappa shape index (κ1) is 29.9. The molecule has 5 rings (SSSR count). The molecule has 12 nitrogen and oxygen atoms in total. The lowest BCUT2D eigenvalue weighted by atomic mass is 9.93. The van der Waals surface area contributed by atoms with Crippen LogP contribution in [0.25, 0.3) is 0 Å². The summed E-state index contributed by atoms with van der Waals surface area (Å²) in [5.41, 5.74) is -1.00. The van der Waals surface area contributed by atoms with Crippen molar-refractivity contribution in [2.75, 3.05) is 26.0 Å². The number of rotatable bonds is 6. The van der Waals surface area contributed by atoms with Crippen molar-refractivity contribution < 1.29 is 37.1 Å². The van der Waals surface area contributed by atoms with E-state index in [9.17, 15) is 27.6 Å². The van der Waals surface area contributed by atoms with Gasteiger partial charge in [0.1, 0.15) is 17.4 Å². The molecular formula is C29H38N4O8S. The number of nitrogens with zero attached hydrogens (tertiary/aromatic N) is 1. The first-order chi connectivity index (χ1) is 20.0. The van der Waals surface area contributed by atoms with Gasteiger partial charge in [0, 0.05) is 19.5 Å². The third-order valence-electron chi connectivity index (χ3n) is 8.61. The molecule has 42 heavy (non-hydrogen) atoms. The van der Waals surface area contributed by atoms with Crippen LogP contribution in [0, 0.1) is 17.8 Å². The second-order valence-corrected chi connectivity index (χ2v) is 13.6. The van der Waals surface area contributed by atoms with Crippen LogP contribution in [-0.4, -0.2) is 74.7 Å². The van der Waals surface area contributed by atoms with Crippen LogP contribution in [0.3, 0.4) is 0 Å². The fraction of sp³-hybridized carbons (Fsp3) is 0.586. The van der Waals surface area contributed by atoms with E-state index < -0.39 is 56.7 Å². The van der Waals surface area contributed by atoms with Gasteiger partial charge in [0.25, 0.3) is 5.91 Å². The molecule has 5 atom stereocenters. The van der Waals surface area contributed by atoms with Crippen LogP contribution in [-0.2, 0) is 29.1 Å². The lowest BCUT2D eigenvalue weighted by Crippen LogP contribution is -2.54. The maximum atomic E-state index is 13.8. The standard InChI is InChI=1S/C29H38N4O8S/c1-33-14-8-4-3-5-9-18-17-29(18,27(36)32-42(38,39)20-12-13-20)31-25(34)21-15-19(16-22(21)26(33)35)41-28(37)30-23-10-6-7-11-24(23)40-2/h5-7,9-11,18-22H,3-4,8,12-17H2,1-2H3,(H,30,37)(H,31,34)(H,32,36)/b9-5+. The monoisotopic (exact) mass is 602 g/mol. The number of anilines is 1. The number of hydrogen-bond donors (Lipinski definition) is 3. The number of carbonyl (C=O) groups is 4. The topological polar surface area (TPSA) is 160 Å². The van der Waals surface area contributed by atoms with Crippen molar-refractivity contribution in [3.05, 3.63) is 36.4 Å². The SMILES string of the molecule is COc1ccccc1NC(=O)OC1CC2C(=O)NC3(C(=O)NS(=O)(=O)C4CC4)CC3/C=C/CCCCN(C)C(=O)C2C1. The van der Waals surface area contributed by atoms with Crippen LogP contribution >= 0.6 is 0 Å². The third-order valence-corrected chi connectivity index (χ3v) is 10.4. The van der Waals surface area contributed by atoms with Gasteiger partial charge in [0.2, 0.25) is 21.8 Å². The van der Waals surface area contributed by atoms with Crippen molar-refractivity contribution in [3.63, 3.8) is 0 Å². The van der Waals surface area contributed by atoms with Gasteiger partial charge in [-0.1, -0.05) is 24.3 Å². The van der Waals surface area contributed by atoms with Crippen LogP contribution in [0.5, 0.6) is 5.75 Å². The summed E-state index contributed by atoms with van der Waals surface area (Å²) >= 11 is 0.